The first-order valence-corrected chi connectivity index (χ1v) is 8.08. The molecular weight excluding hydrogens is 439 g/mol. The fourth-order valence-corrected chi connectivity index (χ4v) is 2.17. The number of carbonyl (C=O) groups excluding carboxylic acids is 2. The summed E-state index contributed by atoms with van der Waals surface area (Å²) >= 11 is 5.74. The van der Waals surface area contributed by atoms with Gasteiger partial charge in [-0.15, -0.1) is 0 Å². The van der Waals surface area contributed by atoms with E-state index in [1.807, 2.05) is 5.48 Å². The Bertz CT molecular complexity index is 985. The molecule has 0 spiro atoms. The Morgan fingerprint density at radius 3 is 2.57 bits per heavy atom. The van der Waals surface area contributed by atoms with Crippen LogP contribution in [0.5, 0.6) is 11.6 Å². The van der Waals surface area contributed by atoms with Gasteiger partial charge in [-0.3, -0.25) is 19.7 Å². The lowest BCUT2D eigenvalue weighted by Gasteiger charge is -2.11. The molecule has 1 aromatic heterocycles. The molecule has 0 aliphatic heterocycles. The van der Waals surface area contributed by atoms with E-state index in [1.54, 1.807) is 0 Å². The summed E-state index contributed by atoms with van der Waals surface area (Å²) in [4.78, 5) is 41.4. The predicted octanol–water partition coefficient (Wildman–Crippen LogP) is 3.29. The van der Waals surface area contributed by atoms with Gasteiger partial charge in [-0.2, -0.15) is 13.2 Å². The summed E-state index contributed by atoms with van der Waals surface area (Å²) in [7, 11) is 1.08. The largest absolute Gasteiger partial charge is 0.467 e. The van der Waals surface area contributed by atoms with Crippen LogP contribution in [-0.2, 0) is 20.5 Å². The van der Waals surface area contributed by atoms with Gasteiger partial charge in [0.05, 0.1) is 17.6 Å². The number of nitrogens with one attached hydrogen (secondary N) is 1. The van der Waals surface area contributed by atoms with E-state index in [4.69, 9.17) is 16.3 Å². The second kappa shape index (κ2) is 9.37. The number of amides is 1. The third kappa shape index (κ3) is 5.78. The molecule has 1 aromatic carbocycles. The van der Waals surface area contributed by atoms with E-state index in [0.717, 1.165) is 25.3 Å². The average Bonchev–Trinajstić information content (AvgIpc) is 2.68. The van der Waals surface area contributed by atoms with Crippen LogP contribution in [-0.4, -0.2) is 35.5 Å². The van der Waals surface area contributed by atoms with Crippen LogP contribution >= 0.6 is 11.6 Å². The summed E-state index contributed by atoms with van der Waals surface area (Å²) in [6.07, 6.45) is -4.18. The third-order valence-corrected chi connectivity index (χ3v) is 3.61. The molecule has 1 heterocycles. The Labute approximate surface area is 170 Å². The van der Waals surface area contributed by atoms with E-state index in [-0.39, 0.29) is 5.75 Å². The zero-order chi connectivity index (χ0) is 22.5. The van der Waals surface area contributed by atoms with Crippen LogP contribution in [0.15, 0.2) is 30.5 Å². The lowest BCUT2D eigenvalue weighted by molar-refractivity contribution is -0.385. The number of hydrogen-bond donors (Lipinski definition) is 1. The number of hydrogen-bond acceptors (Lipinski definition) is 8. The summed E-state index contributed by atoms with van der Waals surface area (Å²) in [5.74, 6) is -2.52. The number of halogens is 4. The standard InChI is InChI=1S/C16H11ClF3N3O7/c1-28-13(24)7-29-22-14(25)10-5-9(2-3-12(10)23(26)27)30-15-11(17)4-8(6-21-15)16(18,19)20/h2-6H,7H2,1H3,(H,22,25). The van der Waals surface area contributed by atoms with Crippen molar-refractivity contribution in [1.29, 1.82) is 0 Å². The highest BCUT2D eigenvalue weighted by atomic mass is 35.5. The molecule has 0 saturated carbocycles. The molecule has 0 aliphatic rings. The second-order valence-corrected chi connectivity index (χ2v) is 5.75. The first kappa shape index (κ1) is 22.8. The molecule has 1 amide bonds. The Hall–Kier alpha value is -3.45. The number of nitrogens with zero attached hydrogens (tertiary/aromatic N) is 2. The highest BCUT2D eigenvalue weighted by molar-refractivity contribution is 6.31. The number of aromatic nitrogens is 1. The minimum Gasteiger partial charge on any atom is -0.467 e. The highest BCUT2D eigenvalue weighted by Crippen LogP contribution is 2.35. The predicted molar refractivity (Wildman–Crippen MR) is 92.9 cm³/mol. The summed E-state index contributed by atoms with van der Waals surface area (Å²) in [5, 5.41) is 10.7. The van der Waals surface area contributed by atoms with Crippen molar-refractivity contribution >= 4 is 29.2 Å². The summed E-state index contributed by atoms with van der Waals surface area (Å²) in [5.41, 5.74) is -0.440. The first-order valence-electron chi connectivity index (χ1n) is 7.71. The lowest BCUT2D eigenvalue weighted by atomic mass is 10.1. The molecule has 10 nitrogen and oxygen atoms in total. The van der Waals surface area contributed by atoms with Crippen LogP contribution in [0.1, 0.15) is 15.9 Å². The quantitative estimate of drug-likeness (QED) is 0.387. The van der Waals surface area contributed by atoms with Gasteiger partial charge in [0.1, 0.15) is 16.3 Å². The minimum absolute atomic E-state index is 0.187. The molecule has 0 unspecified atom stereocenters. The fourth-order valence-electron chi connectivity index (χ4n) is 1.96. The van der Waals surface area contributed by atoms with Gasteiger partial charge < -0.3 is 9.47 Å². The highest BCUT2D eigenvalue weighted by Gasteiger charge is 2.32. The molecule has 160 valence electrons. The smallest absolute Gasteiger partial charge is 0.417 e. The van der Waals surface area contributed by atoms with E-state index in [1.165, 1.54) is 0 Å². The normalized spacial score (nSPS) is 11.0. The molecule has 30 heavy (non-hydrogen) atoms. The Balaban J connectivity index is 2.26. The van der Waals surface area contributed by atoms with Crippen LogP contribution in [0.3, 0.4) is 0 Å². The number of carbonyl (C=O) groups is 2. The molecule has 0 atom stereocenters. The summed E-state index contributed by atoms with van der Waals surface area (Å²) in [6.45, 7) is -0.655. The number of methoxy groups -OCH3 is 1. The van der Waals surface area contributed by atoms with Crippen LogP contribution in [0.4, 0.5) is 18.9 Å². The second-order valence-electron chi connectivity index (χ2n) is 5.34. The van der Waals surface area contributed by atoms with Crippen molar-refractivity contribution < 1.29 is 42.0 Å². The monoisotopic (exact) mass is 449 g/mol. The van der Waals surface area contributed by atoms with Crippen molar-refractivity contribution in [3.63, 3.8) is 0 Å². The molecule has 1 N–H and O–H groups in total. The van der Waals surface area contributed by atoms with Gasteiger partial charge in [0.2, 0.25) is 5.88 Å². The molecule has 2 aromatic rings. The topological polar surface area (TPSA) is 130 Å². The molecule has 0 bridgehead atoms. The number of benzene rings is 1. The van der Waals surface area contributed by atoms with E-state index in [0.29, 0.717) is 12.3 Å². The van der Waals surface area contributed by atoms with E-state index < -0.39 is 57.3 Å². The fraction of sp³-hybridized carbons (Fsp3) is 0.188. The molecular formula is C16H11ClF3N3O7. The van der Waals surface area contributed by atoms with Gasteiger partial charge in [-0.1, -0.05) is 11.6 Å². The average molecular weight is 450 g/mol. The van der Waals surface area contributed by atoms with Crippen molar-refractivity contribution in [3.05, 3.63) is 56.7 Å². The van der Waals surface area contributed by atoms with Gasteiger partial charge in [0.15, 0.2) is 6.61 Å². The molecule has 2 rings (SSSR count). The minimum atomic E-state index is -4.67. The van der Waals surface area contributed by atoms with Crippen LogP contribution < -0.4 is 10.2 Å². The summed E-state index contributed by atoms with van der Waals surface area (Å²) in [6, 6.07) is 3.51. The van der Waals surface area contributed by atoms with Gasteiger partial charge in [0, 0.05) is 18.3 Å². The number of pyridine rings is 1. The number of nitro benzene ring substituents is 1. The Morgan fingerprint density at radius 1 is 1.30 bits per heavy atom. The van der Waals surface area contributed by atoms with Gasteiger partial charge in [-0.25, -0.2) is 15.3 Å². The molecule has 0 saturated heterocycles. The van der Waals surface area contributed by atoms with Gasteiger partial charge >= 0.3 is 12.1 Å². The van der Waals surface area contributed by atoms with E-state index in [2.05, 4.69) is 14.6 Å². The van der Waals surface area contributed by atoms with Crippen molar-refractivity contribution in [1.82, 2.24) is 10.5 Å². The van der Waals surface area contributed by atoms with Crippen molar-refractivity contribution in [2.24, 2.45) is 0 Å². The SMILES string of the molecule is COC(=O)CONC(=O)c1cc(Oc2ncc(C(F)(F)F)cc2Cl)ccc1[N+](=O)[O-]. The summed E-state index contributed by atoms with van der Waals surface area (Å²) < 4.78 is 47.5. The molecule has 0 aliphatic carbocycles. The number of alkyl halides is 3. The first-order chi connectivity index (χ1) is 14.0. The maximum atomic E-state index is 12.7. The number of rotatable bonds is 7. The third-order valence-electron chi connectivity index (χ3n) is 3.34. The maximum Gasteiger partial charge on any atom is 0.417 e. The Morgan fingerprint density at radius 2 is 2.00 bits per heavy atom. The van der Waals surface area contributed by atoms with E-state index in [9.17, 15) is 32.9 Å². The number of ether oxygens (including phenoxy) is 2. The zero-order valence-corrected chi connectivity index (χ0v) is 15.6. The lowest BCUT2D eigenvalue weighted by Crippen LogP contribution is -2.27. The van der Waals surface area contributed by atoms with Gasteiger partial charge in [-0.05, 0) is 12.1 Å². The van der Waals surface area contributed by atoms with Crippen molar-refractivity contribution in [2.75, 3.05) is 13.7 Å². The van der Waals surface area contributed by atoms with Crippen LogP contribution in [0, 0.1) is 10.1 Å². The van der Waals surface area contributed by atoms with Crippen LogP contribution in [0.25, 0.3) is 0 Å². The van der Waals surface area contributed by atoms with E-state index >= 15 is 0 Å². The molecule has 0 fully saturated rings. The number of nitro groups is 1. The van der Waals surface area contributed by atoms with Gasteiger partial charge in [0.25, 0.3) is 11.6 Å². The number of hydroxylamine groups is 1. The molecule has 14 heteroatoms. The zero-order valence-electron chi connectivity index (χ0n) is 14.9. The maximum absolute atomic E-state index is 12.7. The Kier molecular flexibility index (Phi) is 7.13. The van der Waals surface area contributed by atoms with Crippen molar-refractivity contribution in [3.8, 4) is 11.6 Å². The number of esters is 1. The van der Waals surface area contributed by atoms with Crippen LogP contribution in [0.2, 0.25) is 5.02 Å². The van der Waals surface area contributed by atoms with Crippen molar-refractivity contribution in [2.45, 2.75) is 6.18 Å². The molecule has 0 radical (unpaired) electrons.